The van der Waals surface area contributed by atoms with E-state index in [1.807, 2.05) is 0 Å². The first-order valence-electron chi connectivity index (χ1n) is 5.57. The molecule has 0 saturated carbocycles. The number of nitrogens with one attached hydrogen (secondary N) is 1. The second-order valence-corrected chi connectivity index (χ2v) is 4.33. The lowest BCUT2D eigenvalue weighted by molar-refractivity contribution is 0.0959. The van der Waals surface area contributed by atoms with Crippen LogP contribution in [0.15, 0.2) is 23.0 Å². The van der Waals surface area contributed by atoms with Crippen LogP contribution in [-0.4, -0.2) is 17.9 Å². The normalized spacial score (nSPS) is 26.5. The number of hydrogen-bond donors (Lipinski definition) is 1. The van der Waals surface area contributed by atoms with E-state index in [4.69, 9.17) is 4.42 Å². The van der Waals surface area contributed by atoms with Gasteiger partial charge >= 0.3 is 0 Å². The molecule has 0 spiro atoms. The number of rotatable bonds is 3. The van der Waals surface area contributed by atoms with Crippen molar-refractivity contribution in [1.29, 1.82) is 0 Å². The predicted molar refractivity (Wildman–Crippen MR) is 57.9 cm³/mol. The molecule has 0 bridgehead atoms. The Kier molecular flexibility index (Phi) is 3.21. The minimum atomic E-state index is 0.176. The van der Waals surface area contributed by atoms with E-state index in [9.17, 15) is 4.79 Å². The minimum Gasteiger partial charge on any atom is -0.472 e. The third-order valence-corrected chi connectivity index (χ3v) is 2.98. The highest BCUT2D eigenvalue weighted by Gasteiger charge is 2.21. The zero-order chi connectivity index (χ0) is 10.7. The van der Waals surface area contributed by atoms with Crippen LogP contribution in [0.2, 0.25) is 0 Å². The van der Waals surface area contributed by atoms with E-state index in [1.54, 1.807) is 12.3 Å². The second kappa shape index (κ2) is 4.62. The molecule has 0 amide bonds. The van der Waals surface area contributed by atoms with E-state index in [0.717, 1.165) is 6.42 Å². The highest BCUT2D eigenvalue weighted by atomic mass is 16.3. The third-order valence-electron chi connectivity index (χ3n) is 2.98. The molecule has 3 nitrogen and oxygen atoms in total. The van der Waals surface area contributed by atoms with E-state index in [-0.39, 0.29) is 5.78 Å². The van der Waals surface area contributed by atoms with Crippen molar-refractivity contribution < 1.29 is 9.21 Å². The van der Waals surface area contributed by atoms with Crippen molar-refractivity contribution in [2.24, 2.45) is 0 Å². The summed E-state index contributed by atoms with van der Waals surface area (Å²) in [5.41, 5.74) is 0.690. The Bertz CT molecular complexity index is 318. The average molecular weight is 207 g/mol. The van der Waals surface area contributed by atoms with E-state index in [0.29, 0.717) is 24.1 Å². The van der Waals surface area contributed by atoms with Crippen molar-refractivity contribution in [3.05, 3.63) is 24.2 Å². The van der Waals surface area contributed by atoms with Crippen LogP contribution in [0.4, 0.5) is 0 Å². The maximum Gasteiger partial charge on any atom is 0.167 e. The van der Waals surface area contributed by atoms with Crippen LogP contribution in [0.3, 0.4) is 0 Å². The molecule has 1 aliphatic heterocycles. The fourth-order valence-electron chi connectivity index (χ4n) is 2.17. The van der Waals surface area contributed by atoms with Crippen LogP contribution in [0.5, 0.6) is 0 Å². The Morgan fingerprint density at radius 3 is 3.13 bits per heavy atom. The monoisotopic (exact) mass is 207 g/mol. The van der Waals surface area contributed by atoms with Gasteiger partial charge in [-0.1, -0.05) is 6.42 Å². The van der Waals surface area contributed by atoms with Gasteiger partial charge in [0, 0.05) is 18.5 Å². The zero-order valence-corrected chi connectivity index (χ0v) is 9.03. The van der Waals surface area contributed by atoms with Gasteiger partial charge in [0.25, 0.3) is 0 Å². The molecule has 15 heavy (non-hydrogen) atoms. The second-order valence-electron chi connectivity index (χ2n) is 4.33. The summed E-state index contributed by atoms with van der Waals surface area (Å²) in [4.78, 5) is 11.8. The maximum absolute atomic E-state index is 11.8. The van der Waals surface area contributed by atoms with Gasteiger partial charge in [0.2, 0.25) is 0 Å². The van der Waals surface area contributed by atoms with Crippen molar-refractivity contribution in [3.8, 4) is 0 Å². The summed E-state index contributed by atoms with van der Waals surface area (Å²) in [6, 6.07) is 2.62. The molecule has 0 aliphatic carbocycles. The Morgan fingerprint density at radius 2 is 2.47 bits per heavy atom. The first-order valence-corrected chi connectivity index (χ1v) is 5.57. The molecule has 0 radical (unpaired) electrons. The van der Waals surface area contributed by atoms with E-state index in [2.05, 4.69) is 12.2 Å². The lowest BCUT2D eigenvalue weighted by Crippen LogP contribution is -2.41. The summed E-state index contributed by atoms with van der Waals surface area (Å²) in [7, 11) is 0. The summed E-state index contributed by atoms with van der Waals surface area (Å²) in [6.45, 7) is 2.18. The Balaban J connectivity index is 1.89. The van der Waals surface area contributed by atoms with Crippen molar-refractivity contribution in [1.82, 2.24) is 5.32 Å². The summed E-state index contributed by atoms with van der Waals surface area (Å²) in [6.07, 6.45) is 7.20. The van der Waals surface area contributed by atoms with Gasteiger partial charge in [-0.15, -0.1) is 0 Å². The van der Waals surface area contributed by atoms with Crippen LogP contribution in [-0.2, 0) is 0 Å². The van der Waals surface area contributed by atoms with Crippen LogP contribution in [0.25, 0.3) is 0 Å². The lowest BCUT2D eigenvalue weighted by Gasteiger charge is -2.28. The quantitative estimate of drug-likeness (QED) is 0.774. The lowest BCUT2D eigenvalue weighted by atomic mass is 9.95. The molecule has 1 aliphatic rings. The fraction of sp³-hybridized carbons (Fsp3) is 0.583. The number of piperidine rings is 1. The molecule has 2 unspecified atom stereocenters. The number of ketones is 1. The van der Waals surface area contributed by atoms with Crippen molar-refractivity contribution in [2.45, 2.75) is 44.7 Å². The number of Topliss-reactive ketones (excluding diaryl/α,β-unsaturated/α-hetero) is 1. The predicted octanol–water partition coefficient (Wildman–Crippen LogP) is 2.38. The van der Waals surface area contributed by atoms with Gasteiger partial charge in [0.05, 0.1) is 11.8 Å². The largest absolute Gasteiger partial charge is 0.472 e. The third kappa shape index (κ3) is 2.69. The number of furan rings is 1. The van der Waals surface area contributed by atoms with Crippen LogP contribution < -0.4 is 5.32 Å². The zero-order valence-electron chi connectivity index (χ0n) is 9.03. The topological polar surface area (TPSA) is 42.2 Å². The van der Waals surface area contributed by atoms with Crippen LogP contribution in [0, 0.1) is 0 Å². The van der Waals surface area contributed by atoms with E-state index in [1.165, 1.54) is 19.1 Å². The Labute approximate surface area is 89.9 Å². The first kappa shape index (κ1) is 10.4. The fourth-order valence-corrected chi connectivity index (χ4v) is 2.17. The molecule has 1 fully saturated rings. The molecule has 2 heterocycles. The van der Waals surface area contributed by atoms with Gasteiger partial charge < -0.3 is 9.73 Å². The number of carbonyl (C=O) groups is 1. The van der Waals surface area contributed by atoms with Gasteiger partial charge in [-0.2, -0.15) is 0 Å². The average Bonchev–Trinajstić information content (AvgIpc) is 2.70. The number of carbonyl (C=O) groups excluding carboxylic acids is 1. The van der Waals surface area contributed by atoms with Crippen molar-refractivity contribution in [3.63, 3.8) is 0 Å². The van der Waals surface area contributed by atoms with Gasteiger partial charge in [0.1, 0.15) is 6.26 Å². The van der Waals surface area contributed by atoms with Crippen molar-refractivity contribution in [2.75, 3.05) is 0 Å². The van der Waals surface area contributed by atoms with Crippen molar-refractivity contribution >= 4 is 5.78 Å². The molecular weight excluding hydrogens is 190 g/mol. The van der Waals surface area contributed by atoms with E-state index < -0.39 is 0 Å². The molecule has 1 aromatic heterocycles. The maximum atomic E-state index is 11.8. The highest BCUT2D eigenvalue weighted by molar-refractivity contribution is 5.96. The molecule has 1 aromatic rings. The number of hydrogen-bond acceptors (Lipinski definition) is 3. The van der Waals surface area contributed by atoms with Crippen LogP contribution in [0.1, 0.15) is 43.0 Å². The standard InChI is InChI=1S/C12H17NO2/c1-9-3-2-4-11(13-9)7-12(14)10-5-6-15-8-10/h5-6,8-9,11,13H,2-4,7H2,1H3. The van der Waals surface area contributed by atoms with Gasteiger partial charge in [-0.25, -0.2) is 0 Å². The molecule has 0 aromatic carbocycles. The summed E-state index contributed by atoms with van der Waals surface area (Å²) in [5, 5.41) is 3.46. The Morgan fingerprint density at radius 1 is 1.60 bits per heavy atom. The molecule has 2 atom stereocenters. The SMILES string of the molecule is CC1CCCC(CC(=O)c2ccoc2)N1. The first-order chi connectivity index (χ1) is 7.25. The minimum absolute atomic E-state index is 0.176. The molecule has 82 valence electrons. The van der Waals surface area contributed by atoms with E-state index >= 15 is 0 Å². The molecule has 1 N–H and O–H groups in total. The molecule has 1 saturated heterocycles. The molecular formula is C12H17NO2. The summed E-state index contributed by atoms with van der Waals surface area (Å²) < 4.78 is 4.90. The highest BCUT2D eigenvalue weighted by Crippen LogP contribution is 2.16. The van der Waals surface area contributed by atoms with Gasteiger partial charge in [-0.3, -0.25) is 4.79 Å². The van der Waals surface area contributed by atoms with Crippen LogP contribution >= 0.6 is 0 Å². The van der Waals surface area contributed by atoms with Gasteiger partial charge in [0.15, 0.2) is 5.78 Å². The van der Waals surface area contributed by atoms with Gasteiger partial charge in [-0.05, 0) is 25.8 Å². The Hall–Kier alpha value is -1.09. The smallest absolute Gasteiger partial charge is 0.167 e. The molecule has 2 rings (SSSR count). The molecule has 3 heteroatoms. The summed E-state index contributed by atoms with van der Waals surface area (Å²) >= 11 is 0. The summed E-state index contributed by atoms with van der Waals surface area (Å²) in [5.74, 6) is 0.176.